The molecule has 0 saturated heterocycles. The van der Waals surface area contributed by atoms with Gasteiger partial charge < -0.3 is 15.0 Å². The molecule has 3 heterocycles. The maximum absolute atomic E-state index is 11.9. The standard InChI is InChI=1S/C17H20N6O2/c1-9(2)20-17(24)25-13-8-19-16-15(13)21-11(7-18-16)14-10-5-4-6-12(10)23(3)22-14/h7-9H,4-6H2,1-3H3,(H,18,19)(H,20,24). The summed E-state index contributed by atoms with van der Waals surface area (Å²) in [6, 6.07) is -0.00421. The van der Waals surface area contributed by atoms with E-state index in [-0.39, 0.29) is 6.04 Å². The van der Waals surface area contributed by atoms with Crippen molar-refractivity contribution in [1.29, 1.82) is 0 Å². The quantitative estimate of drug-likeness (QED) is 0.763. The minimum absolute atomic E-state index is 0.00421. The molecule has 0 fully saturated rings. The second-order valence-electron chi connectivity index (χ2n) is 6.54. The van der Waals surface area contributed by atoms with Crippen LogP contribution in [-0.4, -0.2) is 36.9 Å². The number of aryl methyl sites for hydroxylation is 1. The Kier molecular flexibility index (Phi) is 3.67. The zero-order chi connectivity index (χ0) is 17.6. The third-order valence-electron chi connectivity index (χ3n) is 4.31. The molecule has 2 N–H and O–H groups in total. The van der Waals surface area contributed by atoms with Crippen molar-refractivity contribution in [3.63, 3.8) is 0 Å². The van der Waals surface area contributed by atoms with E-state index in [9.17, 15) is 4.79 Å². The maximum Gasteiger partial charge on any atom is 0.412 e. The van der Waals surface area contributed by atoms with Gasteiger partial charge in [0.05, 0.1) is 6.20 Å². The minimum atomic E-state index is -0.512. The molecule has 4 rings (SSSR count). The van der Waals surface area contributed by atoms with Crippen LogP contribution in [-0.2, 0) is 19.9 Å². The van der Waals surface area contributed by atoms with Gasteiger partial charge in [0, 0.05) is 30.5 Å². The highest BCUT2D eigenvalue weighted by Gasteiger charge is 2.23. The van der Waals surface area contributed by atoms with E-state index < -0.39 is 6.09 Å². The lowest BCUT2D eigenvalue weighted by atomic mass is 10.1. The van der Waals surface area contributed by atoms with Crippen LogP contribution in [0.5, 0.6) is 5.75 Å². The number of hydrogen-bond donors (Lipinski definition) is 2. The fourth-order valence-corrected chi connectivity index (χ4v) is 3.24. The van der Waals surface area contributed by atoms with Gasteiger partial charge in [-0.1, -0.05) is 0 Å². The predicted molar refractivity (Wildman–Crippen MR) is 92.4 cm³/mol. The number of ether oxygens (including phenoxy) is 1. The SMILES string of the molecule is CC(C)NC(=O)Oc1c[nH]c2ncc(-c3nn(C)c4c3CCC4)nc12. The number of carbonyl (C=O) groups is 1. The number of carbonyl (C=O) groups excluding carboxylic acids is 1. The first-order valence-electron chi connectivity index (χ1n) is 8.40. The molecule has 0 aliphatic heterocycles. The first kappa shape index (κ1) is 15.6. The van der Waals surface area contributed by atoms with E-state index in [4.69, 9.17) is 4.74 Å². The molecule has 0 unspecified atom stereocenters. The Morgan fingerprint density at radius 1 is 1.40 bits per heavy atom. The van der Waals surface area contributed by atoms with Gasteiger partial charge in [-0.2, -0.15) is 5.10 Å². The van der Waals surface area contributed by atoms with E-state index in [1.807, 2.05) is 25.6 Å². The largest absolute Gasteiger partial charge is 0.412 e. The van der Waals surface area contributed by atoms with Gasteiger partial charge in [-0.15, -0.1) is 0 Å². The van der Waals surface area contributed by atoms with Crippen molar-refractivity contribution in [2.24, 2.45) is 7.05 Å². The van der Waals surface area contributed by atoms with Gasteiger partial charge in [0.2, 0.25) is 0 Å². The number of amides is 1. The van der Waals surface area contributed by atoms with E-state index in [0.717, 1.165) is 25.0 Å². The molecular weight excluding hydrogens is 320 g/mol. The Hall–Kier alpha value is -2.90. The predicted octanol–water partition coefficient (Wildman–Crippen LogP) is 2.34. The van der Waals surface area contributed by atoms with Gasteiger partial charge in [0.1, 0.15) is 11.4 Å². The summed E-state index contributed by atoms with van der Waals surface area (Å²) in [6.07, 6.45) is 5.97. The van der Waals surface area contributed by atoms with Gasteiger partial charge >= 0.3 is 6.09 Å². The fraction of sp³-hybridized carbons (Fsp3) is 0.412. The third kappa shape index (κ3) is 2.73. The minimum Gasteiger partial charge on any atom is -0.406 e. The van der Waals surface area contributed by atoms with Crippen molar-refractivity contribution in [3.05, 3.63) is 23.7 Å². The summed E-state index contributed by atoms with van der Waals surface area (Å²) >= 11 is 0. The molecular formula is C17H20N6O2. The normalized spacial score (nSPS) is 13.4. The maximum atomic E-state index is 11.9. The molecule has 0 aromatic carbocycles. The molecule has 0 bridgehead atoms. The number of nitrogens with one attached hydrogen (secondary N) is 2. The summed E-state index contributed by atoms with van der Waals surface area (Å²) in [5, 5.41) is 7.30. The number of aromatic nitrogens is 5. The molecule has 25 heavy (non-hydrogen) atoms. The molecule has 3 aromatic rings. The number of hydrogen-bond acceptors (Lipinski definition) is 5. The Bertz CT molecular complexity index is 956. The number of nitrogens with zero attached hydrogens (tertiary/aromatic N) is 4. The van der Waals surface area contributed by atoms with Crippen molar-refractivity contribution < 1.29 is 9.53 Å². The molecule has 8 heteroatoms. The molecule has 0 atom stereocenters. The van der Waals surface area contributed by atoms with Gasteiger partial charge in [-0.05, 0) is 33.1 Å². The van der Waals surface area contributed by atoms with Crippen LogP contribution < -0.4 is 10.1 Å². The summed E-state index contributed by atoms with van der Waals surface area (Å²) in [5.74, 6) is 0.357. The van der Waals surface area contributed by atoms with Crippen LogP contribution in [0.3, 0.4) is 0 Å². The molecule has 0 radical (unpaired) electrons. The Morgan fingerprint density at radius 3 is 3.04 bits per heavy atom. The van der Waals surface area contributed by atoms with Crippen LogP contribution in [0.25, 0.3) is 22.6 Å². The molecule has 0 spiro atoms. The molecule has 8 nitrogen and oxygen atoms in total. The lowest BCUT2D eigenvalue weighted by Crippen LogP contribution is -2.32. The first-order chi connectivity index (χ1) is 12.0. The highest BCUT2D eigenvalue weighted by Crippen LogP contribution is 2.32. The summed E-state index contributed by atoms with van der Waals surface area (Å²) in [4.78, 5) is 23.9. The molecule has 1 aliphatic carbocycles. The summed E-state index contributed by atoms with van der Waals surface area (Å²) in [7, 11) is 1.96. The van der Waals surface area contributed by atoms with Gasteiger partial charge in [0.15, 0.2) is 16.9 Å². The van der Waals surface area contributed by atoms with Crippen LogP contribution in [0.2, 0.25) is 0 Å². The number of fused-ring (bicyclic) bond motifs is 2. The summed E-state index contributed by atoms with van der Waals surface area (Å²) in [5.41, 5.74) is 5.16. The van der Waals surface area contributed by atoms with Crippen molar-refractivity contribution >= 4 is 17.3 Å². The van der Waals surface area contributed by atoms with E-state index in [1.54, 1.807) is 12.4 Å². The van der Waals surface area contributed by atoms with Crippen LogP contribution in [0.4, 0.5) is 4.79 Å². The van der Waals surface area contributed by atoms with Crippen molar-refractivity contribution in [3.8, 4) is 17.1 Å². The molecule has 3 aromatic heterocycles. The van der Waals surface area contributed by atoms with Crippen LogP contribution in [0.1, 0.15) is 31.5 Å². The molecule has 1 amide bonds. The van der Waals surface area contributed by atoms with Crippen molar-refractivity contribution in [2.75, 3.05) is 0 Å². The van der Waals surface area contributed by atoms with Crippen LogP contribution in [0.15, 0.2) is 12.4 Å². The monoisotopic (exact) mass is 340 g/mol. The Labute approximate surface area is 144 Å². The smallest absolute Gasteiger partial charge is 0.406 e. The molecule has 130 valence electrons. The second-order valence-corrected chi connectivity index (χ2v) is 6.54. The van der Waals surface area contributed by atoms with E-state index in [2.05, 4.69) is 25.4 Å². The highest BCUT2D eigenvalue weighted by atomic mass is 16.6. The zero-order valence-corrected chi connectivity index (χ0v) is 14.5. The summed E-state index contributed by atoms with van der Waals surface area (Å²) < 4.78 is 7.28. The lowest BCUT2D eigenvalue weighted by Gasteiger charge is -2.07. The average molecular weight is 340 g/mol. The third-order valence-corrected chi connectivity index (χ3v) is 4.31. The van der Waals surface area contributed by atoms with Crippen molar-refractivity contribution in [1.82, 2.24) is 30.0 Å². The Balaban J connectivity index is 1.72. The van der Waals surface area contributed by atoms with Crippen molar-refractivity contribution in [2.45, 2.75) is 39.2 Å². The highest BCUT2D eigenvalue weighted by molar-refractivity contribution is 5.84. The second kappa shape index (κ2) is 5.87. The van der Waals surface area contributed by atoms with Crippen LogP contribution in [0, 0.1) is 0 Å². The molecule has 0 saturated carbocycles. The topological polar surface area (TPSA) is 97.7 Å². The van der Waals surface area contributed by atoms with E-state index >= 15 is 0 Å². The Morgan fingerprint density at radius 2 is 2.24 bits per heavy atom. The van der Waals surface area contributed by atoms with Crippen LogP contribution >= 0.6 is 0 Å². The van der Waals surface area contributed by atoms with E-state index in [1.165, 1.54) is 11.3 Å². The summed E-state index contributed by atoms with van der Waals surface area (Å²) in [6.45, 7) is 3.74. The van der Waals surface area contributed by atoms with E-state index in [0.29, 0.717) is 22.6 Å². The lowest BCUT2D eigenvalue weighted by molar-refractivity contribution is 0.198. The fourth-order valence-electron chi connectivity index (χ4n) is 3.24. The van der Waals surface area contributed by atoms with Gasteiger partial charge in [-0.25, -0.2) is 14.8 Å². The molecule has 1 aliphatic rings. The zero-order valence-electron chi connectivity index (χ0n) is 14.5. The average Bonchev–Trinajstić information content (AvgIpc) is 3.24. The number of rotatable bonds is 3. The van der Waals surface area contributed by atoms with Gasteiger partial charge in [-0.3, -0.25) is 4.68 Å². The van der Waals surface area contributed by atoms with Gasteiger partial charge in [0.25, 0.3) is 0 Å². The number of aromatic amines is 1. The number of H-pyrrole nitrogens is 1. The first-order valence-corrected chi connectivity index (χ1v) is 8.40.